The summed E-state index contributed by atoms with van der Waals surface area (Å²) in [6, 6.07) is 23.4. The molecule has 2 atom stereocenters. The number of nitrogens with one attached hydrogen (secondary N) is 2. The van der Waals surface area contributed by atoms with Crippen LogP contribution in [0.4, 0.5) is 11.4 Å². The van der Waals surface area contributed by atoms with Gasteiger partial charge in [-0.05, 0) is 60.7 Å². The Morgan fingerprint density at radius 3 is 2.61 bits per heavy atom. The summed E-state index contributed by atoms with van der Waals surface area (Å²) >= 11 is 7.59. The molecule has 0 radical (unpaired) electrons. The quantitative estimate of drug-likeness (QED) is 0.217. The summed E-state index contributed by atoms with van der Waals surface area (Å²) in [4.78, 5) is 24.4. The van der Waals surface area contributed by atoms with Gasteiger partial charge in [-0.25, -0.2) is 4.98 Å². The van der Waals surface area contributed by atoms with Crippen molar-refractivity contribution in [2.45, 2.75) is 32.9 Å². The van der Waals surface area contributed by atoms with E-state index in [1.165, 1.54) is 0 Å². The number of carbonyl (C=O) groups is 1. The zero-order valence-electron chi connectivity index (χ0n) is 23.2. The number of benzene rings is 2. The van der Waals surface area contributed by atoms with Crippen LogP contribution in [0.25, 0.3) is 15.3 Å². The SMILES string of the molecule is COc1cc(N2C(=S)N[C@@H](c3ccccn3)[C@H]2c2cccn2-c2nc3ccccc3s2)ccc1NC(=O)C(C)(C)C. The van der Waals surface area contributed by atoms with Crippen LogP contribution in [0.1, 0.15) is 44.2 Å². The first-order valence-corrected chi connectivity index (χ1v) is 14.5. The van der Waals surface area contributed by atoms with Crippen LogP contribution in [-0.4, -0.2) is 32.7 Å². The van der Waals surface area contributed by atoms with Crippen LogP contribution < -0.4 is 20.3 Å². The molecule has 41 heavy (non-hydrogen) atoms. The highest BCUT2D eigenvalue weighted by Gasteiger charge is 2.42. The van der Waals surface area contributed by atoms with E-state index < -0.39 is 5.41 Å². The van der Waals surface area contributed by atoms with Gasteiger partial charge in [0.15, 0.2) is 10.2 Å². The molecule has 1 aliphatic heterocycles. The van der Waals surface area contributed by atoms with Crippen molar-refractivity contribution in [3.8, 4) is 10.9 Å². The number of hydrogen-bond acceptors (Lipinski definition) is 6. The molecule has 5 aromatic rings. The fraction of sp³-hybridized carbons (Fsp3) is 0.226. The number of rotatable bonds is 6. The first-order chi connectivity index (χ1) is 19.7. The molecular formula is C31H30N6O2S2. The zero-order chi connectivity index (χ0) is 28.7. The van der Waals surface area contributed by atoms with E-state index in [-0.39, 0.29) is 18.0 Å². The van der Waals surface area contributed by atoms with E-state index in [0.717, 1.165) is 32.4 Å². The molecule has 8 nitrogen and oxygen atoms in total. The number of pyridine rings is 1. The number of fused-ring (bicyclic) bond motifs is 1. The summed E-state index contributed by atoms with van der Waals surface area (Å²) in [7, 11) is 1.60. The molecule has 0 bridgehead atoms. The van der Waals surface area contributed by atoms with Crippen LogP contribution in [0.15, 0.2) is 85.2 Å². The predicted octanol–water partition coefficient (Wildman–Crippen LogP) is 6.65. The molecule has 0 unspecified atom stereocenters. The third-order valence-corrected chi connectivity index (χ3v) is 8.41. The molecule has 0 aliphatic carbocycles. The van der Waals surface area contributed by atoms with Gasteiger partial charge in [0.2, 0.25) is 5.91 Å². The van der Waals surface area contributed by atoms with Gasteiger partial charge in [-0.15, -0.1) is 0 Å². The maximum absolute atomic E-state index is 12.7. The number of aromatic nitrogens is 3. The first kappa shape index (κ1) is 26.9. The van der Waals surface area contributed by atoms with Gasteiger partial charge >= 0.3 is 0 Å². The van der Waals surface area contributed by atoms with Gasteiger partial charge in [0.25, 0.3) is 0 Å². The third-order valence-electron chi connectivity index (χ3n) is 7.06. The van der Waals surface area contributed by atoms with E-state index in [2.05, 4.69) is 37.2 Å². The average molecular weight is 583 g/mol. The van der Waals surface area contributed by atoms with Gasteiger partial charge in [-0.3, -0.25) is 14.3 Å². The van der Waals surface area contributed by atoms with Crippen molar-refractivity contribution in [1.29, 1.82) is 0 Å². The molecule has 1 aliphatic rings. The van der Waals surface area contributed by atoms with Crippen LogP contribution in [0, 0.1) is 5.41 Å². The Kier molecular flexibility index (Phi) is 6.96. The van der Waals surface area contributed by atoms with Crippen molar-refractivity contribution in [3.05, 3.63) is 96.6 Å². The van der Waals surface area contributed by atoms with E-state index in [9.17, 15) is 4.79 Å². The van der Waals surface area contributed by atoms with E-state index in [1.807, 2.05) is 87.6 Å². The van der Waals surface area contributed by atoms with Gasteiger partial charge < -0.3 is 20.3 Å². The minimum atomic E-state index is -0.544. The Morgan fingerprint density at radius 2 is 1.88 bits per heavy atom. The predicted molar refractivity (Wildman–Crippen MR) is 168 cm³/mol. The molecule has 3 aromatic heterocycles. The number of thiazole rings is 1. The lowest BCUT2D eigenvalue weighted by molar-refractivity contribution is -0.123. The Bertz CT molecular complexity index is 1710. The summed E-state index contributed by atoms with van der Waals surface area (Å²) in [6.45, 7) is 5.63. The van der Waals surface area contributed by atoms with E-state index in [0.29, 0.717) is 16.5 Å². The van der Waals surface area contributed by atoms with Crippen molar-refractivity contribution in [3.63, 3.8) is 0 Å². The molecule has 1 saturated heterocycles. The van der Waals surface area contributed by atoms with E-state index in [1.54, 1.807) is 24.6 Å². The van der Waals surface area contributed by atoms with Crippen molar-refractivity contribution in [2.24, 2.45) is 5.41 Å². The largest absolute Gasteiger partial charge is 0.494 e. The molecule has 4 heterocycles. The number of thiocarbonyl (C=S) groups is 1. The van der Waals surface area contributed by atoms with Gasteiger partial charge in [-0.2, -0.15) is 0 Å². The lowest BCUT2D eigenvalue weighted by Crippen LogP contribution is -2.30. The molecule has 0 saturated carbocycles. The maximum Gasteiger partial charge on any atom is 0.229 e. The number of anilines is 2. The summed E-state index contributed by atoms with van der Waals surface area (Å²) in [5.74, 6) is 0.452. The van der Waals surface area contributed by atoms with Crippen LogP contribution in [0.5, 0.6) is 5.75 Å². The lowest BCUT2D eigenvalue weighted by Gasteiger charge is -2.29. The van der Waals surface area contributed by atoms with Crippen molar-refractivity contribution >= 4 is 56.2 Å². The van der Waals surface area contributed by atoms with Crippen LogP contribution in [0.3, 0.4) is 0 Å². The molecular weight excluding hydrogens is 553 g/mol. The standard InChI is InChI=1S/C31H30N6O2S2/c1-31(2,3)28(38)33-20-15-14-19(18-24(20)39-4)37-27(26(35-29(37)40)22-11-7-8-16-32-22)23-12-9-17-36(23)30-34-21-10-5-6-13-25(21)41-30/h5-18,26-27H,1-4H3,(H,33,38)(H,35,40)/t26-,27+/m0/s1. The van der Waals surface area contributed by atoms with Crippen molar-refractivity contribution in [2.75, 3.05) is 17.3 Å². The van der Waals surface area contributed by atoms with E-state index in [4.69, 9.17) is 21.9 Å². The normalized spacial score (nSPS) is 17.1. The molecule has 0 spiro atoms. The molecule has 1 amide bonds. The van der Waals surface area contributed by atoms with Gasteiger partial charge in [0, 0.05) is 29.6 Å². The molecule has 2 N–H and O–H groups in total. The summed E-state index contributed by atoms with van der Waals surface area (Å²) in [6.07, 6.45) is 3.83. The average Bonchev–Trinajstić information content (AvgIpc) is 3.69. The van der Waals surface area contributed by atoms with Crippen LogP contribution in [0.2, 0.25) is 0 Å². The van der Waals surface area contributed by atoms with Crippen molar-refractivity contribution in [1.82, 2.24) is 19.9 Å². The number of ether oxygens (including phenoxy) is 1. The van der Waals surface area contributed by atoms with Crippen LogP contribution >= 0.6 is 23.6 Å². The van der Waals surface area contributed by atoms with E-state index >= 15 is 0 Å². The van der Waals surface area contributed by atoms with Crippen LogP contribution in [-0.2, 0) is 4.79 Å². The number of para-hydroxylation sites is 1. The topological polar surface area (TPSA) is 84.3 Å². The Hall–Kier alpha value is -4.28. The molecule has 208 valence electrons. The molecule has 1 fully saturated rings. The van der Waals surface area contributed by atoms with Gasteiger partial charge in [0.1, 0.15) is 11.8 Å². The number of amides is 1. The Labute approximate surface area is 248 Å². The maximum atomic E-state index is 12.7. The molecule has 2 aromatic carbocycles. The van der Waals surface area contributed by atoms with Gasteiger partial charge in [-0.1, -0.05) is 50.3 Å². The third kappa shape index (κ3) is 5.05. The number of carbonyl (C=O) groups excluding carboxylic acids is 1. The number of methoxy groups -OCH3 is 1. The molecule has 10 heteroatoms. The Balaban J connectivity index is 1.45. The zero-order valence-corrected chi connectivity index (χ0v) is 24.8. The van der Waals surface area contributed by atoms with Crippen molar-refractivity contribution < 1.29 is 9.53 Å². The molecule has 6 rings (SSSR count). The summed E-state index contributed by atoms with van der Waals surface area (Å²) < 4.78 is 8.98. The highest BCUT2D eigenvalue weighted by molar-refractivity contribution is 7.80. The fourth-order valence-electron chi connectivity index (χ4n) is 4.95. The monoisotopic (exact) mass is 582 g/mol. The number of hydrogen-bond donors (Lipinski definition) is 2. The first-order valence-electron chi connectivity index (χ1n) is 13.3. The lowest BCUT2D eigenvalue weighted by atomic mass is 9.95. The Morgan fingerprint density at radius 1 is 1.07 bits per heavy atom. The highest BCUT2D eigenvalue weighted by atomic mass is 32.1. The minimum absolute atomic E-state index is 0.0938. The summed E-state index contributed by atoms with van der Waals surface area (Å²) in [5.41, 5.74) is 3.73. The smallest absolute Gasteiger partial charge is 0.229 e. The second-order valence-corrected chi connectivity index (χ2v) is 12.2. The summed E-state index contributed by atoms with van der Waals surface area (Å²) in [5, 5.41) is 7.96. The minimum Gasteiger partial charge on any atom is -0.494 e. The highest BCUT2D eigenvalue weighted by Crippen LogP contribution is 2.44. The number of nitrogens with zero attached hydrogens (tertiary/aromatic N) is 4. The fourth-order valence-corrected chi connectivity index (χ4v) is 6.26. The van der Waals surface area contributed by atoms with Gasteiger partial charge in [0.05, 0.1) is 40.4 Å². The second kappa shape index (κ2) is 10.6. The second-order valence-electron chi connectivity index (χ2n) is 10.9.